The van der Waals surface area contributed by atoms with E-state index in [1.165, 1.54) is 17.1 Å². The van der Waals surface area contributed by atoms with E-state index in [-0.39, 0.29) is 0 Å². The van der Waals surface area contributed by atoms with E-state index >= 15 is 0 Å². The molecule has 1 fully saturated rings. The molecule has 6 heteroatoms. The smallest absolute Gasteiger partial charge is 0.281 e. The van der Waals surface area contributed by atoms with Crippen LogP contribution in [0.5, 0.6) is 0 Å². The van der Waals surface area contributed by atoms with Crippen LogP contribution < -0.4 is 5.32 Å². The molecule has 1 rings (SSSR count). The Balaban J connectivity index is 2.62. The van der Waals surface area contributed by atoms with Crippen LogP contribution in [0.15, 0.2) is 0 Å². The van der Waals surface area contributed by atoms with E-state index in [4.69, 9.17) is 0 Å². The van der Waals surface area contributed by atoms with Crippen LogP contribution >= 0.6 is 0 Å². The maximum atomic E-state index is 12.5. The van der Waals surface area contributed by atoms with Gasteiger partial charge < -0.3 is 5.32 Å². The van der Waals surface area contributed by atoms with Crippen LogP contribution in [0.25, 0.3) is 0 Å². The zero-order chi connectivity index (χ0) is 14.3. The van der Waals surface area contributed by atoms with Crippen molar-refractivity contribution >= 4 is 10.2 Å². The summed E-state index contributed by atoms with van der Waals surface area (Å²) < 4.78 is 28.1. The first-order valence-corrected chi connectivity index (χ1v) is 8.86. The highest BCUT2D eigenvalue weighted by molar-refractivity contribution is 7.86. The lowest BCUT2D eigenvalue weighted by atomic mass is 10.1. The molecule has 19 heavy (non-hydrogen) atoms. The molecule has 5 nitrogen and oxygen atoms in total. The maximum Gasteiger partial charge on any atom is 0.281 e. The second-order valence-electron chi connectivity index (χ2n) is 5.33. The van der Waals surface area contributed by atoms with Gasteiger partial charge in [0, 0.05) is 32.7 Å². The summed E-state index contributed by atoms with van der Waals surface area (Å²) >= 11 is 0. The fourth-order valence-corrected chi connectivity index (χ4v) is 4.11. The van der Waals surface area contributed by atoms with Gasteiger partial charge in [-0.1, -0.05) is 20.3 Å². The maximum absolute atomic E-state index is 12.5. The summed E-state index contributed by atoms with van der Waals surface area (Å²) in [7, 11) is -1.60. The van der Waals surface area contributed by atoms with Crippen molar-refractivity contribution in [3.63, 3.8) is 0 Å². The molecule has 0 aromatic rings. The van der Waals surface area contributed by atoms with Gasteiger partial charge in [0.1, 0.15) is 0 Å². The van der Waals surface area contributed by atoms with Gasteiger partial charge in [0.05, 0.1) is 0 Å². The lowest BCUT2D eigenvalue weighted by molar-refractivity contribution is 0.310. The van der Waals surface area contributed by atoms with Gasteiger partial charge in [0.25, 0.3) is 10.2 Å². The van der Waals surface area contributed by atoms with Crippen molar-refractivity contribution in [1.29, 1.82) is 0 Å². The Labute approximate surface area is 118 Å². The summed E-state index contributed by atoms with van der Waals surface area (Å²) in [4.78, 5) is 0. The molecule has 0 bridgehead atoms. The van der Waals surface area contributed by atoms with Gasteiger partial charge in [-0.25, -0.2) is 0 Å². The standard InChI is InChI=1S/C13H29N3O2S/c1-4-10-16(11-5-2)19(17,18)15(3)12-13-8-6-7-9-14-13/h13-14H,4-12H2,1-3H3. The number of nitrogens with zero attached hydrogens (tertiary/aromatic N) is 2. The third-order valence-corrected chi connectivity index (χ3v) is 5.51. The van der Waals surface area contributed by atoms with E-state index in [9.17, 15) is 8.42 Å². The predicted molar refractivity (Wildman–Crippen MR) is 79.3 cm³/mol. The van der Waals surface area contributed by atoms with Gasteiger partial charge in [0.2, 0.25) is 0 Å². The van der Waals surface area contributed by atoms with E-state index in [2.05, 4.69) is 5.32 Å². The van der Waals surface area contributed by atoms with E-state index in [0.717, 1.165) is 25.8 Å². The third kappa shape index (κ3) is 5.02. The largest absolute Gasteiger partial charge is 0.313 e. The van der Waals surface area contributed by atoms with Gasteiger partial charge in [-0.3, -0.25) is 0 Å². The fourth-order valence-electron chi connectivity index (χ4n) is 2.52. The molecule has 1 heterocycles. The molecular formula is C13H29N3O2S. The Morgan fingerprint density at radius 1 is 1.16 bits per heavy atom. The van der Waals surface area contributed by atoms with Crippen molar-refractivity contribution < 1.29 is 8.42 Å². The first-order valence-electron chi connectivity index (χ1n) is 7.47. The monoisotopic (exact) mass is 291 g/mol. The quantitative estimate of drug-likeness (QED) is 0.736. The summed E-state index contributed by atoms with van der Waals surface area (Å²) in [5, 5.41) is 3.40. The fraction of sp³-hybridized carbons (Fsp3) is 1.00. The second-order valence-corrected chi connectivity index (χ2v) is 7.37. The van der Waals surface area contributed by atoms with Crippen LogP contribution in [0.1, 0.15) is 46.0 Å². The van der Waals surface area contributed by atoms with Crippen LogP contribution in [-0.2, 0) is 10.2 Å². The topological polar surface area (TPSA) is 52.7 Å². The summed E-state index contributed by atoms with van der Waals surface area (Å²) in [5.41, 5.74) is 0. The Morgan fingerprint density at radius 2 is 1.79 bits per heavy atom. The van der Waals surface area contributed by atoms with E-state index in [1.54, 1.807) is 11.4 Å². The summed E-state index contributed by atoms with van der Waals surface area (Å²) in [6, 6.07) is 0.304. The van der Waals surface area contributed by atoms with Crippen LogP contribution in [0.3, 0.4) is 0 Å². The normalized spacial score (nSPS) is 21.2. The van der Waals surface area contributed by atoms with Gasteiger partial charge in [-0.15, -0.1) is 0 Å². The highest BCUT2D eigenvalue weighted by Gasteiger charge is 2.27. The van der Waals surface area contributed by atoms with Crippen LogP contribution in [0.4, 0.5) is 0 Å². The van der Waals surface area contributed by atoms with Gasteiger partial charge in [0.15, 0.2) is 0 Å². The van der Waals surface area contributed by atoms with E-state index < -0.39 is 10.2 Å². The molecule has 0 amide bonds. The molecule has 0 spiro atoms. The van der Waals surface area contributed by atoms with Crippen LogP contribution in [-0.4, -0.2) is 56.3 Å². The molecule has 1 N–H and O–H groups in total. The minimum absolute atomic E-state index is 0.304. The lowest BCUT2D eigenvalue weighted by Crippen LogP contribution is -2.49. The van der Waals surface area contributed by atoms with Crippen LogP contribution in [0.2, 0.25) is 0 Å². The first-order chi connectivity index (χ1) is 9.02. The van der Waals surface area contributed by atoms with E-state index in [0.29, 0.717) is 25.7 Å². The first kappa shape index (κ1) is 16.9. The number of hydrogen-bond donors (Lipinski definition) is 1. The molecule has 0 aromatic heterocycles. The minimum Gasteiger partial charge on any atom is -0.313 e. The number of rotatable bonds is 8. The molecule has 1 aliphatic heterocycles. The molecule has 1 atom stereocenters. The van der Waals surface area contributed by atoms with Crippen molar-refractivity contribution in [2.45, 2.75) is 52.0 Å². The predicted octanol–water partition coefficient (Wildman–Crippen LogP) is 1.43. The summed E-state index contributed by atoms with van der Waals surface area (Å²) in [6.45, 7) is 6.83. The molecule has 0 aromatic carbocycles. The van der Waals surface area contributed by atoms with Crippen molar-refractivity contribution in [3.8, 4) is 0 Å². The van der Waals surface area contributed by atoms with Gasteiger partial charge in [-0.05, 0) is 32.2 Å². The van der Waals surface area contributed by atoms with Crippen molar-refractivity contribution in [1.82, 2.24) is 13.9 Å². The zero-order valence-electron chi connectivity index (χ0n) is 12.6. The molecule has 0 radical (unpaired) electrons. The third-order valence-electron chi connectivity index (χ3n) is 3.56. The second kappa shape index (κ2) is 8.19. The van der Waals surface area contributed by atoms with Gasteiger partial charge >= 0.3 is 0 Å². The molecule has 114 valence electrons. The average molecular weight is 291 g/mol. The van der Waals surface area contributed by atoms with Crippen molar-refractivity contribution in [2.24, 2.45) is 0 Å². The molecule has 0 saturated carbocycles. The Hall–Kier alpha value is -0.170. The molecular weight excluding hydrogens is 262 g/mol. The summed E-state index contributed by atoms with van der Waals surface area (Å²) in [6.07, 6.45) is 5.18. The number of piperidine rings is 1. The minimum atomic E-state index is -3.30. The highest BCUT2D eigenvalue weighted by Crippen LogP contribution is 2.13. The highest BCUT2D eigenvalue weighted by atomic mass is 32.2. The average Bonchev–Trinajstić information content (AvgIpc) is 2.39. The Kier molecular flexibility index (Phi) is 7.28. The van der Waals surface area contributed by atoms with Gasteiger partial charge in [-0.2, -0.15) is 17.0 Å². The zero-order valence-corrected chi connectivity index (χ0v) is 13.4. The Morgan fingerprint density at radius 3 is 2.26 bits per heavy atom. The molecule has 1 unspecified atom stereocenters. The SMILES string of the molecule is CCCN(CCC)S(=O)(=O)N(C)CC1CCCCN1. The molecule has 1 aliphatic rings. The number of hydrogen-bond acceptors (Lipinski definition) is 3. The Bertz CT molecular complexity index is 334. The molecule has 1 saturated heterocycles. The van der Waals surface area contributed by atoms with Crippen LogP contribution in [0, 0.1) is 0 Å². The number of likely N-dealkylation sites (N-methyl/N-ethyl adjacent to an activating group) is 1. The summed E-state index contributed by atoms with van der Waals surface area (Å²) in [5.74, 6) is 0. The van der Waals surface area contributed by atoms with E-state index in [1.807, 2.05) is 13.8 Å². The lowest BCUT2D eigenvalue weighted by Gasteiger charge is -2.31. The van der Waals surface area contributed by atoms with Crippen molar-refractivity contribution in [2.75, 3.05) is 33.2 Å². The van der Waals surface area contributed by atoms with Crippen molar-refractivity contribution in [3.05, 3.63) is 0 Å². The molecule has 0 aliphatic carbocycles. The number of nitrogens with one attached hydrogen (secondary N) is 1.